The Balaban J connectivity index is 2.07. The van der Waals surface area contributed by atoms with E-state index < -0.39 is 6.04 Å². The second-order valence-electron chi connectivity index (χ2n) is 8.95. The number of piperidine rings is 1. The molecule has 2 aliphatic heterocycles. The zero-order chi connectivity index (χ0) is 20.8. The predicted octanol–water partition coefficient (Wildman–Crippen LogP) is 1.80. The molecule has 0 aromatic carbocycles. The standard InChI is InChI=1S/C21H37N3O4/c1-14(2)12-18-20(26)24(11-8-22-18)19(13-15(3)4)21(27)23-9-6-17(7-10-23)28-16(5)25/h14-15,17-19,22H,6-13H2,1-5H3/t18-,19-/m0/s1. The van der Waals surface area contributed by atoms with E-state index in [1.165, 1.54) is 6.92 Å². The number of hydrogen-bond donors (Lipinski definition) is 1. The second kappa shape index (κ2) is 10.2. The van der Waals surface area contributed by atoms with Gasteiger partial charge in [-0.25, -0.2) is 0 Å². The lowest BCUT2D eigenvalue weighted by atomic mass is 9.95. The van der Waals surface area contributed by atoms with Crippen molar-refractivity contribution in [1.82, 2.24) is 15.1 Å². The van der Waals surface area contributed by atoms with E-state index in [1.54, 1.807) is 0 Å². The van der Waals surface area contributed by atoms with Crippen molar-refractivity contribution < 1.29 is 19.1 Å². The van der Waals surface area contributed by atoms with Crippen LogP contribution in [0.4, 0.5) is 0 Å². The normalized spacial score (nSPS) is 22.7. The summed E-state index contributed by atoms with van der Waals surface area (Å²) in [6, 6.07) is -0.611. The highest BCUT2D eigenvalue weighted by atomic mass is 16.5. The molecule has 0 saturated carbocycles. The molecule has 0 aromatic rings. The zero-order valence-corrected chi connectivity index (χ0v) is 18.1. The summed E-state index contributed by atoms with van der Waals surface area (Å²) in [6.45, 7) is 12.2. The molecule has 2 heterocycles. The molecule has 0 spiro atoms. The first kappa shape index (κ1) is 22.7. The number of ether oxygens (including phenoxy) is 1. The van der Waals surface area contributed by atoms with Crippen LogP contribution in [0, 0.1) is 11.8 Å². The van der Waals surface area contributed by atoms with Gasteiger partial charge in [0.25, 0.3) is 0 Å². The molecule has 0 bridgehead atoms. The molecule has 0 unspecified atom stereocenters. The molecule has 28 heavy (non-hydrogen) atoms. The van der Waals surface area contributed by atoms with Crippen LogP contribution < -0.4 is 5.32 Å². The van der Waals surface area contributed by atoms with Crippen LogP contribution in [0.25, 0.3) is 0 Å². The fourth-order valence-corrected chi connectivity index (χ4v) is 4.17. The maximum atomic E-state index is 13.3. The van der Waals surface area contributed by atoms with Gasteiger partial charge in [-0.15, -0.1) is 0 Å². The van der Waals surface area contributed by atoms with Crippen LogP contribution in [0.1, 0.15) is 60.3 Å². The number of piperazine rings is 1. The quantitative estimate of drug-likeness (QED) is 0.665. The number of rotatable bonds is 7. The van der Waals surface area contributed by atoms with Crippen LogP contribution in [0.3, 0.4) is 0 Å². The van der Waals surface area contributed by atoms with Crippen LogP contribution >= 0.6 is 0 Å². The molecule has 2 rings (SSSR count). The average Bonchev–Trinajstić information content (AvgIpc) is 2.61. The fourth-order valence-electron chi connectivity index (χ4n) is 4.17. The number of amides is 2. The topological polar surface area (TPSA) is 79.0 Å². The molecular formula is C21H37N3O4. The molecule has 0 radical (unpaired) electrons. The predicted molar refractivity (Wildman–Crippen MR) is 108 cm³/mol. The van der Waals surface area contributed by atoms with Crippen LogP contribution in [-0.2, 0) is 19.1 Å². The van der Waals surface area contributed by atoms with Gasteiger partial charge in [-0.3, -0.25) is 14.4 Å². The first-order chi connectivity index (χ1) is 13.2. The minimum absolute atomic E-state index is 0.0357. The highest BCUT2D eigenvalue weighted by molar-refractivity contribution is 5.90. The summed E-state index contributed by atoms with van der Waals surface area (Å²) in [6.07, 6.45) is 2.66. The van der Waals surface area contributed by atoms with Crippen molar-refractivity contribution in [2.24, 2.45) is 11.8 Å². The molecule has 2 amide bonds. The molecule has 0 aromatic heterocycles. The van der Waals surface area contributed by atoms with E-state index >= 15 is 0 Å². The Hall–Kier alpha value is -1.63. The van der Waals surface area contributed by atoms with E-state index in [-0.39, 0.29) is 29.9 Å². The SMILES string of the molecule is CC(=O)OC1CCN(C(=O)[C@H](CC(C)C)N2CCN[C@@H](CC(C)C)C2=O)CC1. The molecular weight excluding hydrogens is 358 g/mol. The molecule has 0 aliphatic carbocycles. The molecule has 160 valence electrons. The number of hydrogen-bond acceptors (Lipinski definition) is 5. The summed E-state index contributed by atoms with van der Waals surface area (Å²) < 4.78 is 5.28. The Labute approximate surface area is 169 Å². The Morgan fingerprint density at radius 3 is 2.29 bits per heavy atom. The van der Waals surface area contributed by atoms with Gasteiger partial charge in [0.05, 0.1) is 6.04 Å². The van der Waals surface area contributed by atoms with E-state index in [0.29, 0.717) is 50.7 Å². The molecule has 1 N–H and O–H groups in total. The number of nitrogens with one attached hydrogen (secondary N) is 1. The maximum Gasteiger partial charge on any atom is 0.302 e. The summed E-state index contributed by atoms with van der Waals surface area (Å²) in [4.78, 5) is 41.2. The van der Waals surface area contributed by atoms with Crippen LogP contribution in [0.2, 0.25) is 0 Å². The number of esters is 1. The van der Waals surface area contributed by atoms with Gasteiger partial charge in [-0.1, -0.05) is 27.7 Å². The van der Waals surface area contributed by atoms with E-state index in [0.717, 1.165) is 13.0 Å². The second-order valence-corrected chi connectivity index (χ2v) is 8.95. The molecule has 2 saturated heterocycles. The first-order valence-corrected chi connectivity index (χ1v) is 10.7. The lowest BCUT2D eigenvalue weighted by Gasteiger charge is -2.42. The van der Waals surface area contributed by atoms with Gasteiger partial charge < -0.3 is 19.9 Å². The highest BCUT2D eigenvalue weighted by Crippen LogP contribution is 2.22. The van der Waals surface area contributed by atoms with Crippen LogP contribution in [-0.4, -0.2) is 72.0 Å². The van der Waals surface area contributed by atoms with Gasteiger partial charge in [-0.2, -0.15) is 0 Å². The van der Waals surface area contributed by atoms with Gasteiger partial charge in [0.1, 0.15) is 12.1 Å². The third kappa shape index (κ3) is 6.19. The Bertz CT molecular complexity index is 556. The van der Waals surface area contributed by atoms with Gasteiger partial charge in [0, 0.05) is 45.9 Å². The number of carbonyl (C=O) groups is 3. The summed E-state index contributed by atoms with van der Waals surface area (Å²) in [5.74, 6) is 0.548. The van der Waals surface area contributed by atoms with Crippen molar-refractivity contribution in [3.8, 4) is 0 Å². The summed E-state index contributed by atoms with van der Waals surface area (Å²) in [5, 5.41) is 3.32. The minimum atomic E-state index is -0.408. The minimum Gasteiger partial charge on any atom is -0.462 e. The van der Waals surface area contributed by atoms with Crippen LogP contribution in [0.15, 0.2) is 0 Å². The van der Waals surface area contributed by atoms with Crippen molar-refractivity contribution >= 4 is 17.8 Å². The number of nitrogens with zero attached hydrogens (tertiary/aromatic N) is 2. The number of carbonyl (C=O) groups excluding carboxylic acids is 3. The van der Waals surface area contributed by atoms with Gasteiger partial charge in [0.15, 0.2) is 0 Å². The lowest BCUT2D eigenvalue weighted by Crippen LogP contribution is -2.62. The van der Waals surface area contributed by atoms with Crippen LogP contribution in [0.5, 0.6) is 0 Å². The third-order valence-electron chi connectivity index (χ3n) is 5.47. The molecule has 2 fully saturated rings. The van der Waals surface area contributed by atoms with Crippen molar-refractivity contribution in [2.45, 2.75) is 78.5 Å². The first-order valence-electron chi connectivity index (χ1n) is 10.7. The summed E-state index contributed by atoms with van der Waals surface area (Å²) in [5.41, 5.74) is 0. The van der Waals surface area contributed by atoms with E-state index in [4.69, 9.17) is 4.74 Å². The average molecular weight is 396 g/mol. The Morgan fingerprint density at radius 1 is 1.11 bits per heavy atom. The fraction of sp³-hybridized carbons (Fsp3) is 0.857. The van der Waals surface area contributed by atoms with E-state index in [9.17, 15) is 14.4 Å². The summed E-state index contributed by atoms with van der Waals surface area (Å²) >= 11 is 0. The molecule has 2 atom stereocenters. The zero-order valence-electron chi connectivity index (χ0n) is 18.1. The smallest absolute Gasteiger partial charge is 0.302 e. The van der Waals surface area contributed by atoms with Crippen molar-refractivity contribution in [2.75, 3.05) is 26.2 Å². The molecule has 2 aliphatic rings. The third-order valence-corrected chi connectivity index (χ3v) is 5.47. The van der Waals surface area contributed by atoms with Gasteiger partial charge in [-0.05, 0) is 24.7 Å². The largest absolute Gasteiger partial charge is 0.462 e. The lowest BCUT2D eigenvalue weighted by molar-refractivity contribution is -0.154. The Morgan fingerprint density at radius 2 is 1.75 bits per heavy atom. The van der Waals surface area contributed by atoms with E-state index in [1.807, 2.05) is 9.80 Å². The summed E-state index contributed by atoms with van der Waals surface area (Å²) in [7, 11) is 0. The Kier molecular flexibility index (Phi) is 8.28. The van der Waals surface area contributed by atoms with Gasteiger partial charge in [0.2, 0.25) is 11.8 Å². The van der Waals surface area contributed by atoms with Gasteiger partial charge >= 0.3 is 5.97 Å². The van der Waals surface area contributed by atoms with Crippen molar-refractivity contribution in [3.05, 3.63) is 0 Å². The molecule has 7 heteroatoms. The van der Waals surface area contributed by atoms with Crippen molar-refractivity contribution in [1.29, 1.82) is 0 Å². The monoisotopic (exact) mass is 395 g/mol. The highest BCUT2D eigenvalue weighted by Gasteiger charge is 2.39. The number of likely N-dealkylation sites (tertiary alicyclic amines) is 1. The maximum absolute atomic E-state index is 13.3. The molecule has 7 nitrogen and oxygen atoms in total. The van der Waals surface area contributed by atoms with Crippen molar-refractivity contribution in [3.63, 3.8) is 0 Å². The van der Waals surface area contributed by atoms with E-state index in [2.05, 4.69) is 33.0 Å².